The first-order chi connectivity index (χ1) is 12.6. The summed E-state index contributed by atoms with van der Waals surface area (Å²) in [7, 11) is -3.54. The number of ether oxygens (including phenoxy) is 2. The van der Waals surface area contributed by atoms with E-state index >= 15 is 0 Å². The molecule has 4 rings (SSSR count). The summed E-state index contributed by atoms with van der Waals surface area (Å²) >= 11 is 0. The Labute approximate surface area is 154 Å². The molecule has 6 nitrogen and oxygen atoms in total. The summed E-state index contributed by atoms with van der Waals surface area (Å²) in [6, 6.07) is 13.0. The van der Waals surface area contributed by atoms with Crippen LogP contribution < -0.4 is 14.4 Å². The monoisotopic (exact) mass is 374 g/mol. The molecule has 0 spiro atoms. The predicted molar refractivity (Wildman–Crippen MR) is 99.6 cm³/mol. The van der Waals surface area contributed by atoms with Crippen LogP contribution in [0.25, 0.3) is 0 Å². The Morgan fingerprint density at radius 1 is 0.885 bits per heavy atom. The maximum absolute atomic E-state index is 13.0. The molecule has 2 aromatic rings. The molecule has 0 bridgehead atoms. The summed E-state index contributed by atoms with van der Waals surface area (Å²) in [5, 5.41) is 0. The maximum Gasteiger partial charge on any atom is 0.243 e. The number of rotatable bonds is 3. The zero-order valence-corrected chi connectivity index (χ0v) is 15.5. The van der Waals surface area contributed by atoms with Crippen LogP contribution in [0.4, 0.5) is 5.69 Å². The molecule has 1 saturated heterocycles. The van der Waals surface area contributed by atoms with Gasteiger partial charge in [0.1, 0.15) is 13.2 Å². The number of para-hydroxylation sites is 1. The lowest BCUT2D eigenvalue weighted by molar-refractivity contribution is 0.171. The quantitative estimate of drug-likeness (QED) is 0.825. The van der Waals surface area contributed by atoms with Crippen LogP contribution in [-0.4, -0.2) is 52.1 Å². The third-order valence-electron chi connectivity index (χ3n) is 4.85. The van der Waals surface area contributed by atoms with E-state index in [0.717, 1.165) is 0 Å². The smallest absolute Gasteiger partial charge is 0.243 e. The number of hydrogen-bond acceptors (Lipinski definition) is 5. The van der Waals surface area contributed by atoms with E-state index in [0.29, 0.717) is 50.9 Å². The lowest BCUT2D eigenvalue weighted by atomic mass is 10.1. The molecule has 0 unspecified atom stereocenters. The van der Waals surface area contributed by atoms with E-state index in [4.69, 9.17) is 9.47 Å². The second kappa shape index (κ2) is 6.81. The van der Waals surface area contributed by atoms with E-state index in [-0.39, 0.29) is 4.90 Å². The van der Waals surface area contributed by atoms with Crippen LogP contribution in [0.3, 0.4) is 0 Å². The van der Waals surface area contributed by atoms with E-state index < -0.39 is 10.0 Å². The van der Waals surface area contributed by atoms with Gasteiger partial charge in [0, 0.05) is 37.9 Å². The topological polar surface area (TPSA) is 59.1 Å². The summed E-state index contributed by atoms with van der Waals surface area (Å²) in [4.78, 5) is 2.50. The Kier molecular flexibility index (Phi) is 4.50. The Morgan fingerprint density at radius 2 is 1.58 bits per heavy atom. The van der Waals surface area contributed by atoms with Crippen molar-refractivity contribution < 1.29 is 17.9 Å². The van der Waals surface area contributed by atoms with Crippen molar-refractivity contribution in [3.05, 3.63) is 48.0 Å². The molecule has 0 N–H and O–H groups in total. The van der Waals surface area contributed by atoms with Gasteiger partial charge in [-0.1, -0.05) is 18.2 Å². The molecule has 2 aliphatic rings. The molecular weight excluding hydrogens is 352 g/mol. The highest BCUT2D eigenvalue weighted by Gasteiger charge is 2.30. The summed E-state index contributed by atoms with van der Waals surface area (Å²) in [6.07, 6.45) is 0. The van der Waals surface area contributed by atoms with Gasteiger partial charge in [-0.25, -0.2) is 8.42 Å². The van der Waals surface area contributed by atoms with Gasteiger partial charge in [0.05, 0.1) is 4.90 Å². The average Bonchev–Trinajstić information content (AvgIpc) is 2.68. The van der Waals surface area contributed by atoms with Gasteiger partial charge >= 0.3 is 0 Å². The van der Waals surface area contributed by atoms with Crippen LogP contribution in [0.5, 0.6) is 11.5 Å². The number of hydrogen-bond donors (Lipinski definition) is 0. The van der Waals surface area contributed by atoms with Gasteiger partial charge < -0.3 is 14.4 Å². The molecule has 1 fully saturated rings. The number of benzene rings is 2. The van der Waals surface area contributed by atoms with Gasteiger partial charge in [0.15, 0.2) is 11.5 Å². The Hall–Kier alpha value is -2.25. The largest absolute Gasteiger partial charge is 0.486 e. The van der Waals surface area contributed by atoms with E-state index in [1.165, 1.54) is 11.3 Å². The summed E-state index contributed by atoms with van der Waals surface area (Å²) < 4.78 is 38.5. The Morgan fingerprint density at radius 3 is 2.31 bits per heavy atom. The fourth-order valence-corrected chi connectivity index (χ4v) is 4.86. The number of piperazine rings is 1. The molecule has 2 heterocycles. The fraction of sp³-hybridized carbons (Fsp3) is 0.368. The van der Waals surface area contributed by atoms with Gasteiger partial charge in [0.2, 0.25) is 10.0 Å². The average molecular weight is 374 g/mol. The molecule has 26 heavy (non-hydrogen) atoms. The van der Waals surface area contributed by atoms with Crippen molar-refractivity contribution in [2.75, 3.05) is 44.3 Å². The van der Waals surface area contributed by atoms with E-state index in [2.05, 4.69) is 24.0 Å². The highest BCUT2D eigenvalue weighted by molar-refractivity contribution is 7.89. The Balaban J connectivity index is 1.51. The lowest BCUT2D eigenvalue weighted by Crippen LogP contribution is -2.48. The summed E-state index contributed by atoms with van der Waals surface area (Å²) in [5.41, 5.74) is 2.37. The minimum Gasteiger partial charge on any atom is -0.486 e. The van der Waals surface area contributed by atoms with Crippen molar-refractivity contribution in [1.82, 2.24) is 4.31 Å². The first kappa shape index (κ1) is 17.2. The van der Waals surface area contributed by atoms with Crippen molar-refractivity contribution in [2.24, 2.45) is 0 Å². The van der Waals surface area contributed by atoms with Gasteiger partial charge in [-0.3, -0.25) is 0 Å². The second-order valence-electron chi connectivity index (χ2n) is 6.48. The van der Waals surface area contributed by atoms with Crippen molar-refractivity contribution in [3.63, 3.8) is 0 Å². The molecule has 0 radical (unpaired) electrons. The van der Waals surface area contributed by atoms with E-state index in [9.17, 15) is 8.42 Å². The summed E-state index contributed by atoms with van der Waals surface area (Å²) in [5.74, 6) is 1.09. The van der Waals surface area contributed by atoms with Gasteiger partial charge in [-0.2, -0.15) is 4.31 Å². The molecule has 0 aliphatic carbocycles. The number of fused-ring (bicyclic) bond motifs is 1. The molecule has 0 aromatic heterocycles. The van der Waals surface area contributed by atoms with Gasteiger partial charge in [-0.15, -0.1) is 0 Å². The van der Waals surface area contributed by atoms with Crippen LogP contribution in [0.15, 0.2) is 47.4 Å². The molecule has 2 aromatic carbocycles. The lowest BCUT2D eigenvalue weighted by Gasteiger charge is -2.36. The van der Waals surface area contributed by atoms with Crippen LogP contribution in [0, 0.1) is 6.92 Å². The molecule has 0 atom stereocenters. The minimum atomic E-state index is -3.54. The van der Waals surface area contributed by atoms with Crippen molar-refractivity contribution >= 4 is 15.7 Å². The molecule has 138 valence electrons. The molecule has 0 saturated carbocycles. The van der Waals surface area contributed by atoms with Crippen LogP contribution in [0.2, 0.25) is 0 Å². The summed E-state index contributed by atoms with van der Waals surface area (Å²) in [6.45, 7) is 5.28. The third kappa shape index (κ3) is 3.12. The normalized spacial score (nSPS) is 18.0. The van der Waals surface area contributed by atoms with Crippen LogP contribution >= 0.6 is 0 Å². The fourth-order valence-electron chi connectivity index (χ4n) is 3.42. The molecule has 2 aliphatic heterocycles. The highest BCUT2D eigenvalue weighted by atomic mass is 32.2. The molecule has 7 heteroatoms. The van der Waals surface area contributed by atoms with Crippen molar-refractivity contribution in [2.45, 2.75) is 11.8 Å². The minimum absolute atomic E-state index is 0.256. The zero-order valence-electron chi connectivity index (χ0n) is 14.7. The second-order valence-corrected chi connectivity index (χ2v) is 8.42. The van der Waals surface area contributed by atoms with Gasteiger partial charge in [0.25, 0.3) is 0 Å². The number of sulfonamides is 1. The maximum atomic E-state index is 13.0. The third-order valence-corrected chi connectivity index (χ3v) is 6.74. The van der Waals surface area contributed by atoms with Crippen LogP contribution in [-0.2, 0) is 10.0 Å². The number of aryl methyl sites for hydroxylation is 1. The van der Waals surface area contributed by atoms with Crippen molar-refractivity contribution in [1.29, 1.82) is 0 Å². The predicted octanol–water partition coefficient (Wildman–Crippen LogP) is 2.28. The first-order valence-corrected chi connectivity index (χ1v) is 10.2. The number of nitrogens with zero attached hydrogens (tertiary/aromatic N) is 2. The molecular formula is C19H22N2O4S. The first-order valence-electron chi connectivity index (χ1n) is 8.76. The Bertz CT molecular complexity index is 906. The van der Waals surface area contributed by atoms with Crippen molar-refractivity contribution in [3.8, 4) is 11.5 Å². The van der Waals surface area contributed by atoms with Gasteiger partial charge in [-0.05, 0) is 30.7 Å². The van der Waals surface area contributed by atoms with E-state index in [1.54, 1.807) is 22.5 Å². The zero-order chi connectivity index (χ0) is 18.1. The standard InChI is InChI=1S/C19H22N2O4S/c1-15-4-2-3-5-17(15)20-8-10-21(11-9-20)26(22,23)16-6-7-18-19(14-16)25-13-12-24-18/h2-7,14H,8-13H2,1H3. The highest BCUT2D eigenvalue weighted by Crippen LogP contribution is 2.33. The van der Waals surface area contributed by atoms with E-state index in [1.807, 2.05) is 12.1 Å². The molecule has 0 amide bonds. The SMILES string of the molecule is Cc1ccccc1N1CCN(S(=O)(=O)c2ccc3c(c2)OCCO3)CC1. The number of anilines is 1. The van der Waals surface area contributed by atoms with Crippen LogP contribution in [0.1, 0.15) is 5.56 Å².